The van der Waals surface area contributed by atoms with Gasteiger partial charge in [0.05, 0.1) is 13.7 Å². The third-order valence-electron chi connectivity index (χ3n) is 7.57. The van der Waals surface area contributed by atoms with Crippen molar-refractivity contribution in [1.82, 2.24) is 14.8 Å². The average molecular weight is 463 g/mol. The second kappa shape index (κ2) is 8.93. The number of amides is 3. The van der Waals surface area contributed by atoms with Crippen LogP contribution in [0.25, 0.3) is 0 Å². The van der Waals surface area contributed by atoms with Crippen molar-refractivity contribution in [1.29, 1.82) is 0 Å². The predicted molar refractivity (Wildman–Crippen MR) is 131 cm³/mol. The van der Waals surface area contributed by atoms with Crippen LogP contribution in [-0.4, -0.2) is 53.5 Å². The molecular weight excluding hydrogens is 428 g/mol. The number of benzene rings is 1. The first-order valence-corrected chi connectivity index (χ1v) is 12.4. The summed E-state index contributed by atoms with van der Waals surface area (Å²) in [5.74, 6) is 1.56. The number of nitrogens with zero attached hydrogens (tertiary/aromatic N) is 4. The lowest BCUT2D eigenvalue weighted by atomic mass is 9.79. The Morgan fingerprint density at radius 3 is 2.68 bits per heavy atom. The van der Waals surface area contributed by atoms with Gasteiger partial charge < -0.3 is 14.5 Å². The number of carbonyl (C=O) groups is 2. The zero-order chi connectivity index (χ0) is 23.9. The molecule has 1 aliphatic carbocycles. The Labute approximate surface area is 201 Å². The fraction of sp³-hybridized carbons (Fsp3) is 0.519. The first-order valence-electron chi connectivity index (χ1n) is 12.4. The van der Waals surface area contributed by atoms with Gasteiger partial charge in [0.25, 0.3) is 5.91 Å². The van der Waals surface area contributed by atoms with Gasteiger partial charge in [-0.25, -0.2) is 4.79 Å². The van der Waals surface area contributed by atoms with Gasteiger partial charge in [-0.3, -0.25) is 14.7 Å². The monoisotopic (exact) mass is 462 g/mol. The number of methoxy groups -OCH3 is 1. The highest BCUT2D eigenvalue weighted by Gasteiger charge is 2.60. The Hall–Kier alpha value is -3.09. The topological polar surface area (TPSA) is 66.0 Å². The lowest BCUT2D eigenvalue weighted by Crippen LogP contribution is -2.53. The number of fused-ring (bicyclic) bond motifs is 2. The molecule has 7 nitrogen and oxygen atoms in total. The van der Waals surface area contributed by atoms with E-state index < -0.39 is 5.54 Å². The Morgan fingerprint density at radius 1 is 1.21 bits per heavy atom. The van der Waals surface area contributed by atoms with Gasteiger partial charge in [-0.1, -0.05) is 32.4 Å². The standard InChI is InChI=1S/C27H34N4O3/c1-19(2)16-29-13-11-27(23-10-9-22(34-3)14-24(23)29)25(32)30(17-20-6-4-7-20)26(33)31(27)18-21-8-5-12-28-15-21/h5,8-10,12,14-15,19-20H,4,6-7,11,13,16-18H2,1-3H3. The predicted octanol–water partition coefficient (Wildman–Crippen LogP) is 4.42. The molecule has 1 unspecified atom stereocenters. The molecule has 0 radical (unpaired) electrons. The molecule has 180 valence electrons. The summed E-state index contributed by atoms with van der Waals surface area (Å²) < 4.78 is 5.54. The molecule has 1 spiro atoms. The minimum absolute atomic E-state index is 0.0797. The molecule has 7 heteroatoms. The van der Waals surface area contributed by atoms with E-state index in [0.717, 1.165) is 42.0 Å². The van der Waals surface area contributed by atoms with E-state index >= 15 is 0 Å². The van der Waals surface area contributed by atoms with E-state index in [1.165, 1.54) is 11.3 Å². The summed E-state index contributed by atoms with van der Waals surface area (Å²) in [6.45, 7) is 6.86. The molecule has 1 aromatic carbocycles. The van der Waals surface area contributed by atoms with Gasteiger partial charge in [0.1, 0.15) is 5.75 Å². The molecule has 5 rings (SSSR count). The van der Waals surface area contributed by atoms with Crippen LogP contribution in [0.4, 0.5) is 10.5 Å². The number of hydrogen-bond donors (Lipinski definition) is 0. The largest absolute Gasteiger partial charge is 0.497 e. The van der Waals surface area contributed by atoms with Gasteiger partial charge in [-0.15, -0.1) is 0 Å². The van der Waals surface area contributed by atoms with Crippen molar-refractivity contribution in [2.24, 2.45) is 11.8 Å². The number of carbonyl (C=O) groups excluding carboxylic acids is 2. The fourth-order valence-corrected chi connectivity index (χ4v) is 5.64. The number of imide groups is 1. The molecule has 1 saturated carbocycles. The molecule has 1 aromatic heterocycles. The van der Waals surface area contributed by atoms with Crippen LogP contribution in [0.2, 0.25) is 0 Å². The minimum Gasteiger partial charge on any atom is -0.497 e. The Balaban J connectivity index is 1.62. The van der Waals surface area contributed by atoms with Gasteiger partial charge in [0, 0.05) is 55.8 Å². The molecule has 0 bridgehead atoms. The molecule has 0 N–H and O–H groups in total. The maximum absolute atomic E-state index is 14.2. The molecule has 34 heavy (non-hydrogen) atoms. The van der Waals surface area contributed by atoms with E-state index in [9.17, 15) is 9.59 Å². The van der Waals surface area contributed by atoms with Gasteiger partial charge >= 0.3 is 6.03 Å². The average Bonchev–Trinajstić information content (AvgIpc) is 3.00. The summed E-state index contributed by atoms with van der Waals surface area (Å²) in [6, 6.07) is 9.59. The lowest BCUT2D eigenvalue weighted by Gasteiger charge is -2.45. The Morgan fingerprint density at radius 2 is 2.03 bits per heavy atom. The maximum atomic E-state index is 14.2. The number of pyridine rings is 1. The van der Waals surface area contributed by atoms with Gasteiger partial charge in [-0.05, 0) is 42.4 Å². The summed E-state index contributed by atoms with van der Waals surface area (Å²) in [6.07, 6.45) is 7.43. The van der Waals surface area contributed by atoms with E-state index in [2.05, 4.69) is 23.7 Å². The molecule has 1 saturated heterocycles. The van der Waals surface area contributed by atoms with Crippen molar-refractivity contribution in [3.63, 3.8) is 0 Å². The molecule has 2 aromatic rings. The summed E-state index contributed by atoms with van der Waals surface area (Å²) in [5.41, 5.74) is 1.81. The van der Waals surface area contributed by atoms with Crippen molar-refractivity contribution in [2.75, 3.05) is 31.6 Å². The summed E-state index contributed by atoms with van der Waals surface area (Å²) >= 11 is 0. The van der Waals surface area contributed by atoms with Crippen LogP contribution in [0, 0.1) is 11.8 Å². The first kappa shape index (κ1) is 22.7. The number of anilines is 1. The molecular formula is C27H34N4O3. The summed E-state index contributed by atoms with van der Waals surface area (Å²) in [4.78, 5) is 38.0. The van der Waals surface area contributed by atoms with E-state index in [-0.39, 0.29) is 11.9 Å². The number of hydrogen-bond acceptors (Lipinski definition) is 5. The highest BCUT2D eigenvalue weighted by molar-refractivity contribution is 6.08. The molecule has 2 aliphatic heterocycles. The fourth-order valence-electron chi connectivity index (χ4n) is 5.64. The van der Waals surface area contributed by atoms with Crippen LogP contribution in [0.3, 0.4) is 0 Å². The normalized spacial score (nSPS) is 22.5. The molecule has 3 aliphatic rings. The summed E-state index contributed by atoms with van der Waals surface area (Å²) in [5, 5.41) is 0. The van der Waals surface area contributed by atoms with Crippen LogP contribution < -0.4 is 9.64 Å². The van der Waals surface area contributed by atoms with Gasteiger partial charge in [0.2, 0.25) is 0 Å². The molecule has 3 amide bonds. The molecule has 1 atom stereocenters. The van der Waals surface area contributed by atoms with Crippen LogP contribution in [0.15, 0.2) is 42.7 Å². The summed E-state index contributed by atoms with van der Waals surface area (Å²) in [7, 11) is 1.66. The third-order valence-corrected chi connectivity index (χ3v) is 7.57. The van der Waals surface area contributed by atoms with Crippen LogP contribution >= 0.6 is 0 Å². The number of rotatable bonds is 7. The van der Waals surface area contributed by atoms with E-state index in [1.54, 1.807) is 19.5 Å². The highest BCUT2D eigenvalue weighted by Crippen LogP contribution is 2.49. The molecule has 2 fully saturated rings. The van der Waals surface area contributed by atoms with Gasteiger partial charge in [0.15, 0.2) is 5.54 Å². The second-order valence-electron chi connectivity index (χ2n) is 10.3. The quantitative estimate of drug-likeness (QED) is 0.570. The van der Waals surface area contributed by atoms with Crippen molar-refractivity contribution in [3.05, 3.63) is 53.9 Å². The number of urea groups is 1. The Bertz CT molecular complexity index is 1070. The van der Waals surface area contributed by atoms with Crippen LogP contribution in [0.5, 0.6) is 5.75 Å². The van der Waals surface area contributed by atoms with Crippen molar-refractivity contribution < 1.29 is 14.3 Å². The zero-order valence-corrected chi connectivity index (χ0v) is 20.4. The lowest BCUT2D eigenvalue weighted by molar-refractivity contribution is -0.135. The van der Waals surface area contributed by atoms with Crippen molar-refractivity contribution >= 4 is 17.6 Å². The van der Waals surface area contributed by atoms with Crippen LogP contribution in [-0.2, 0) is 16.9 Å². The SMILES string of the molecule is COc1ccc2c(c1)N(CC(C)C)CCC21C(=O)N(CC2CCC2)C(=O)N1Cc1cccnc1. The third kappa shape index (κ3) is 3.71. The zero-order valence-electron chi connectivity index (χ0n) is 20.4. The van der Waals surface area contributed by atoms with E-state index in [0.29, 0.717) is 37.9 Å². The maximum Gasteiger partial charge on any atom is 0.328 e. The number of ether oxygens (including phenoxy) is 1. The highest BCUT2D eigenvalue weighted by atomic mass is 16.5. The Kier molecular flexibility index (Phi) is 5.96. The van der Waals surface area contributed by atoms with E-state index in [4.69, 9.17) is 4.74 Å². The van der Waals surface area contributed by atoms with Gasteiger partial charge in [-0.2, -0.15) is 0 Å². The minimum atomic E-state index is -1.01. The smallest absolute Gasteiger partial charge is 0.328 e. The van der Waals surface area contributed by atoms with Crippen molar-refractivity contribution in [3.8, 4) is 5.75 Å². The first-order chi connectivity index (χ1) is 16.4. The van der Waals surface area contributed by atoms with Crippen LogP contribution in [0.1, 0.15) is 50.7 Å². The van der Waals surface area contributed by atoms with Crippen molar-refractivity contribution in [2.45, 2.75) is 51.6 Å². The molecule has 3 heterocycles. The number of aromatic nitrogens is 1. The van der Waals surface area contributed by atoms with E-state index in [1.807, 2.05) is 35.2 Å². The second-order valence-corrected chi connectivity index (χ2v) is 10.3.